The van der Waals surface area contributed by atoms with Gasteiger partial charge in [-0.05, 0) is 66.3 Å². The minimum atomic E-state index is 0.149. The van der Waals surface area contributed by atoms with Gasteiger partial charge in [0.05, 0.1) is 4.99 Å². The molecule has 0 amide bonds. The molecule has 1 aliphatic heterocycles. The number of nitrogens with two attached hydrogens (primary N) is 1. The van der Waals surface area contributed by atoms with Gasteiger partial charge in [-0.15, -0.1) is 0 Å². The maximum Gasteiger partial charge on any atom is 0.0845 e. The molecule has 152 valence electrons. The molecule has 2 N–H and O–H groups in total. The summed E-state index contributed by atoms with van der Waals surface area (Å²) >= 11 is 6.36. The first kappa shape index (κ1) is 19.1. The van der Waals surface area contributed by atoms with Crippen LogP contribution < -0.4 is 5.73 Å². The summed E-state index contributed by atoms with van der Waals surface area (Å²) in [6.45, 7) is 9.14. The normalized spacial score (nSPS) is 43.5. The Balaban J connectivity index is 1.50. The van der Waals surface area contributed by atoms with Gasteiger partial charge in [0.1, 0.15) is 0 Å². The van der Waals surface area contributed by atoms with E-state index in [2.05, 4.69) is 56.0 Å². The minimum absolute atomic E-state index is 0.149. The molecule has 4 saturated carbocycles. The van der Waals surface area contributed by atoms with Gasteiger partial charge in [-0.25, -0.2) is 0 Å². The highest BCUT2D eigenvalue weighted by molar-refractivity contribution is 7.80. The van der Waals surface area contributed by atoms with Crippen LogP contribution in [0.5, 0.6) is 0 Å². The Kier molecular flexibility index (Phi) is 4.28. The van der Waals surface area contributed by atoms with Gasteiger partial charge in [0.25, 0.3) is 0 Å². The van der Waals surface area contributed by atoms with E-state index in [9.17, 15) is 0 Å². The number of hydrogen-bond donors (Lipinski definition) is 1. The van der Waals surface area contributed by atoms with E-state index in [4.69, 9.17) is 18.0 Å². The molecule has 0 radical (unpaired) electrons. The van der Waals surface area contributed by atoms with Crippen molar-refractivity contribution in [3.63, 3.8) is 0 Å². The number of nitrogens with zero attached hydrogens (tertiary/aromatic N) is 1. The molecule has 6 atom stereocenters. The highest BCUT2D eigenvalue weighted by Crippen LogP contribution is 2.73. The second-order valence-electron chi connectivity index (χ2n) is 11.1. The van der Waals surface area contributed by atoms with E-state index >= 15 is 0 Å². The smallest absolute Gasteiger partial charge is 0.0845 e. The first-order chi connectivity index (χ1) is 13.3. The van der Waals surface area contributed by atoms with Crippen molar-refractivity contribution in [2.45, 2.75) is 70.8 Å². The third-order valence-corrected chi connectivity index (χ3v) is 9.92. The Morgan fingerprint density at radius 3 is 2.61 bits per heavy atom. The number of thiocarbonyl (C=S) groups is 1. The molecular weight excluding hydrogens is 360 g/mol. The molecule has 4 aliphatic carbocycles. The SMILES string of the molecule is CCC1C2CC3(c4ccccc4)CC1C(C(=S)N1CC[C@H](N)C(C)(C)C1)(C2)C3. The molecule has 1 saturated heterocycles. The van der Waals surface area contributed by atoms with Crippen LogP contribution >= 0.6 is 12.2 Å². The van der Waals surface area contributed by atoms with Crippen LogP contribution in [0.4, 0.5) is 0 Å². The van der Waals surface area contributed by atoms with Crippen molar-refractivity contribution in [1.29, 1.82) is 0 Å². The number of likely N-dealkylation sites (tertiary alicyclic amines) is 1. The summed E-state index contributed by atoms with van der Waals surface area (Å²) in [5, 5.41) is 0. The van der Waals surface area contributed by atoms with Crippen molar-refractivity contribution in [2.75, 3.05) is 13.1 Å². The summed E-state index contributed by atoms with van der Waals surface area (Å²) in [4.78, 5) is 3.88. The lowest BCUT2D eigenvalue weighted by atomic mass is 9.61. The van der Waals surface area contributed by atoms with E-state index in [1.165, 1.54) is 37.1 Å². The molecule has 5 fully saturated rings. The Bertz CT molecular complexity index is 774. The topological polar surface area (TPSA) is 29.3 Å². The zero-order valence-corrected chi connectivity index (χ0v) is 18.6. The van der Waals surface area contributed by atoms with Crippen molar-refractivity contribution in [3.8, 4) is 0 Å². The van der Waals surface area contributed by atoms with Crippen molar-refractivity contribution in [1.82, 2.24) is 4.90 Å². The molecule has 5 unspecified atom stereocenters. The minimum Gasteiger partial charge on any atom is -0.365 e. The van der Waals surface area contributed by atoms with Crippen LogP contribution in [-0.4, -0.2) is 29.0 Å². The lowest BCUT2D eigenvalue weighted by molar-refractivity contribution is 0.133. The lowest BCUT2D eigenvalue weighted by Crippen LogP contribution is -2.56. The standard InChI is InChI=1S/C25H36N2S/c1-4-19-17-12-24(18-8-6-5-7-9-18)14-20(19)25(13-17,15-24)22(28)27-11-10-21(26)23(2,3)16-27/h5-9,17,19-21H,4,10-16,26H2,1-3H3/t17?,19?,20?,21-,24?,25?/m0/s1. The van der Waals surface area contributed by atoms with E-state index < -0.39 is 0 Å². The van der Waals surface area contributed by atoms with E-state index in [1.54, 1.807) is 5.56 Å². The lowest BCUT2D eigenvalue weighted by Gasteiger charge is -2.49. The summed E-state index contributed by atoms with van der Waals surface area (Å²) < 4.78 is 0. The summed E-state index contributed by atoms with van der Waals surface area (Å²) in [7, 11) is 0. The van der Waals surface area contributed by atoms with Crippen LogP contribution in [0.3, 0.4) is 0 Å². The maximum absolute atomic E-state index is 6.43. The molecule has 5 aliphatic rings. The van der Waals surface area contributed by atoms with Gasteiger partial charge in [0.15, 0.2) is 0 Å². The quantitative estimate of drug-likeness (QED) is 0.716. The molecule has 1 aromatic rings. The average molecular weight is 397 g/mol. The molecule has 1 heterocycles. The van der Waals surface area contributed by atoms with E-state index in [-0.39, 0.29) is 10.8 Å². The van der Waals surface area contributed by atoms with Crippen molar-refractivity contribution < 1.29 is 0 Å². The third-order valence-electron chi connectivity index (χ3n) is 9.26. The van der Waals surface area contributed by atoms with Crippen LogP contribution in [0.2, 0.25) is 0 Å². The highest BCUT2D eigenvalue weighted by atomic mass is 32.1. The maximum atomic E-state index is 6.43. The first-order valence-electron chi connectivity index (χ1n) is 11.4. The molecule has 28 heavy (non-hydrogen) atoms. The van der Waals surface area contributed by atoms with Gasteiger partial charge >= 0.3 is 0 Å². The van der Waals surface area contributed by atoms with Crippen LogP contribution in [0.15, 0.2) is 30.3 Å². The molecule has 2 nitrogen and oxygen atoms in total. The monoisotopic (exact) mass is 396 g/mol. The zero-order valence-electron chi connectivity index (χ0n) is 17.8. The molecule has 4 bridgehead atoms. The molecule has 6 rings (SSSR count). The first-order valence-corrected chi connectivity index (χ1v) is 11.8. The van der Waals surface area contributed by atoms with Gasteiger partial charge in [0.2, 0.25) is 0 Å². The molecular formula is C25H36N2S. The van der Waals surface area contributed by atoms with Gasteiger partial charge in [-0.3, -0.25) is 0 Å². The van der Waals surface area contributed by atoms with E-state index in [1.807, 2.05) is 0 Å². The highest BCUT2D eigenvalue weighted by Gasteiger charge is 2.69. The van der Waals surface area contributed by atoms with Gasteiger partial charge < -0.3 is 10.6 Å². The summed E-state index contributed by atoms with van der Waals surface area (Å²) in [5.74, 6) is 2.51. The molecule has 1 aromatic carbocycles. The molecule has 0 spiro atoms. The third kappa shape index (κ3) is 2.51. The van der Waals surface area contributed by atoms with E-state index in [0.29, 0.717) is 11.5 Å². The molecule has 0 aromatic heterocycles. The van der Waals surface area contributed by atoms with Crippen LogP contribution in [0.1, 0.15) is 64.9 Å². The fourth-order valence-corrected chi connectivity index (χ4v) is 8.43. The second-order valence-corrected chi connectivity index (χ2v) is 11.5. The number of piperidine rings is 1. The van der Waals surface area contributed by atoms with Gasteiger partial charge in [0, 0.05) is 24.5 Å². The Labute approximate surface area is 176 Å². The summed E-state index contributed by atoms with van der Waals surface area (Å²) in [6.07, 6.45) is 7.74. The van der Waals surface area contributed by atoms with Crippen LogP contribution in [0.25, 0.3) is 0 Å². The predicted octanol–water partition coefficient (Wildman–Crippen LogP) is 5.16. The fourth-order valence-electron chi connectivity index (χ4n) is 7.97. The Morgan fingerprint density at radius 1 is 1.18 bits per heavy atom. The number of benzene rings is 1. The fraction of sp³-hybridized carbons (Fsp3) is 0.720. The van der Waals surface area contributed by atoms with Crippen LogP contribution in [-0.2, 0) is 5.41 Å². The number of hydrogen-bond acceptors (Lipinski definition) is 2. The second kappa shape index (κ2) is 6.28. The van der Waals surface area contributed by atoms with Gasteiger partial charge in [-0.1, -0.05) is 69.7 Å². The Morgan fingerprint density at radius 2 is 1.93 bits per heavy atom. The number of rotatable bonds is 3. The molecule has 3 heteroatoms. The predicted molar refractivity (Wildman–Crippen MR) is 120 cm³/mol. The average Bonchev–Trinajstić information content (AvgIpc) is 3.06. The Hall–Kier alpha value is -0.930. The largest absolute Gasteiger partial charge is 0.365 e. The van der Waals surface area contributed by atoms with Gasteiger partial charge in [-0.2, -0.15) is 0 Å². The van der Waals surface area contributed by atoms with Crippen molar-refractivity contribution in [3.05, 3.63) is 35.9 Å². The summed E-state index contributed by atoms with van der Waals surface area (Å²) in [6, 6.07) is 11.7. The van der Waals surface area contributed by atoms with E-state index in [0.717, 1.165) is 37.3 Å². The van der Waals surface area contributed by atoms with Crippen molar-refractivity contribution >= 4 is 17.2 Å². The zero-order chi connectivity index (χ0) is 19.7. The van der Waals surface area contributed by atoms with Crippen LogP contribution in [0, 0.1) is 28.6 Å². The van der Waals surface area contributed by atoms with Crippen molar-refractivity contribution in [2.24, 2.45) is 34.3 Å². The summed E-state index contributed by atoms with van der Waals surface area (Å²) in [5.41, 5.74) is 8.78.